The Hall–Kier alpha value is -2.32. The molecule has 2 aliphatic heterocycles. The maximum Gasteiger partial charge on any atom is 0.326 e. The van der Waals surface area contributed by atoms with Gasteiger partial charge in [0.2, 0.25) is 0 Å². The van der Waals surface area contributed by atoms with E-state index < -0.39 is 11.6 Å². The SMILES string of the molecule is COc1ccc(OC)c2c1CN(CN1C(=O)NC3(CCCCC3C)C1=O)CC2O. The third kappa shape index (κ3) is 3.14. The van der Waals surface area contributed by atoms with Crippen molar-refractivity contribution in [3.8, 4) is 11.5 Å². The quantitative estimate of drug-likeness (QED) is 0.748. The summed E-state index contributed by atoms with van der Waals surface area (Å²) in [5.74, 6) is 1.24. The van der Waals surface area contributed by atoms with Crippen LogP contribution in [0.5, 0.6) is 11.5 Å². The Bertz CT molecular complexity index is 829. The predicted octanol–water partition coefficient (Wildman–Crippen LogP) is 2.01. The van der Waals surface area contributed by atoms with Crippen LogP contribution in [0, 0.1) is 5.92 Å². The van der Waals surface area contributed by atoms with Crippen LogP contribution in [-0.2, 0) is 11.3 Å². The van der Waals surface area contributed by atoms with Gasteiger partial charge in [0.05, 0.1) is 27.0 Å². The minimum Gasteiger partial charge on any atom is -0.496 e. The maximum atomic E-state index is 13.2. The summed E-state index contributed by atoms with van der Waals surface area (Å²) in [6.45, 7) is 2.93. The molecule has 0 bridgehead atoms. The fraction of sp³-hybridized carbons (Fsp3) is 0.619. The Labute approximate surface area is 170 Å². The number of rotatable bonds is 4. The zero-order valence-electron chi connectivity index (χ0n) is 17.2. The standard InChI is InChI=1S/C21H29N3O5/c1-13-6-4-5-9-21(13)19(26)24(20(27)22-21)12-23-10-14-16(28-2)7-8-17(29-3)18(14)15(25)11-23/h7-8,13,15,25H,4-6,9-12H2,1-3H3,(H,22,27). The Morgan fingerprint density at radius 1 is 1.21 bits per heavy atom. The van der Waals surface area contributed by atoms with Crippen LogP contribution in [0.15, 0.2) is 12.1 Å². The molecule has 2 fully saturated rings. The first-order valence-electron chi connectivity index (χ1n) is 10.2. The van der Waals surface area contributed by atoms with Gasteiger partial charge < -0.3 is 19.9 Å². The smallest absolute Gasteiger partial charge is 0.326 e. The lowest BCUT2D eigenvalue weighted by Crippen LogP contribution is -2.54. The van der Waals surface area contributed by atoms with Crippen LogP contribution in [0.25, 0.3) is 0 Å². The van der Waals surface area contributed by atoms with E-state index in [-0.39, 0.29) is 24.5 Å². The molecule has 3 amide bonds. The topological polar surface area (TPSA) is 91.3 Å². The highest BCUT2D eigenvalue weighted by molar-refractivity contribution is 6.07. The number of β-amino-alcohol motifs (C(OH)–C–C–N with tert-alkyl or cyclic N) is 1. The summed E-state index contributed by atoms with van der Waals surface area (Å²) in [4.78, 5) is 29.1. The molecule has 3 aliphatic rings. The van der Waals surface area contributed by atoms with Crippen LogP contribution in [0.4, 0.5) is 4.79 Å². The summed E-state index contributed by atoms with van der Waals surface area (Å²) in [5, 5.41) is 13.8. The number of hydrogen-bond donors (Lipinski definition) is 2. The number of fused-ring (bicyclic) bond motifs is 1. The van der Waals surface area contributed by atoms with Crippen molar-refractivity contribution < 1.29 is 24.2 Å². The van der Waals surface area contributed by atoms with Crippen molar-refractivity contribution in [3.63, 3.8) is 0 Å². The molecule has 0 aromatic heterocycles. The van der Waals surface area contributed by atoms with Crippen LogP contribution < -0.4 is 14.8 Å². The van der Waals surface area contributed by atoms with Gasteiger partial charge in [0.15, 0.2) is 0 Å². The molecule has 8 heteroatoms. The van der Waals surface area contributed by atoms with Gasteiger partial charge in [-0.3, -0.25) is 9.69 Å². The second-order valence-electron chi connectivity index (χ2n) is 8.31. The molecule has 158 valence electrons. The number of amides is 3. The Morgan fingerprint density at radius 2 is 1.93 bits per heavy atom. The second kappa shape index (κ2) is 7.50. The molecule has 1 spiro atoms. The van der Waals surface area contributed by atoms with Gasteiger partial charge in [0, 0.05) is 24.2 Å². The van der Waals surface area contributed by atoms with E-state index in [0.29, 0.717) is 36.6 Å². The van der Waals surface area contributed by atoms with Crippen molar-refractivity contribution in [2.24, 2.45) is 5.92 Å². The highest BCUT2D eigenvalue weighted by Crippen LogP contribution is 2.41. The van der Waals surface area contributed by atoms with Crippen molar-refractivity contribution in [3.05, 3.63) is 23.3 Å². The average molecular weight is 403 g/mol. The first-order chi connectivity index (χ1) is 13.9. The van der Waals surface area contributed by atoms with E-state index in [1.165, 1.54) is 4.90 Å². The number of carbonyl (C=O) groups is 2. The molecule has 1 aromatic rings. The van der Waals surface area contributed by atoms with Gasteiger partial charge in [0.1, 0.15) is 17.0 Å². The molecule has 1 aromatic carbocycles. The molecule has 1 saturated carbocycles. The van der Waals surface area contributed by atoms with E-state index in [1.54, 1.807) is 26.4 Å². The number of aliphatic hydroxyl groups is 1. The van der Waals surface area contributed by atoms with Crippen molar-refractivity contribution in [1.82, 2.24) is 15.1 Å². The molecule has 29 heavy (non-hydrogen) atoms. The lowest BCUT2D eigenvalue weighted by Gasteiger charge is -2.38. The predicted molar refractivity (Wildman–Crippen MR) is 106 cm³/mol. The minimum absolute atomic E-state index is 0.120. The zero-order valence-corrected chi connectivity index (χ0v) is 17.2. The van der Waals surface area contributed by atoms with Gasteiger partial charge in [-0.05, 0) is 30.9 Å². The third-order valence-electron chi connectivity index (χ3n) is 6.70. The van der Waals surface area contributed by atoms with Crippen molar-refractivity contribution in [2.75, 3.05) is 27.4 Å². The number of benzene rings is 1. The van der Waals surface area contributed by atoms with Crippen molar-refractivity contribution in [1.29, 1.82) is 0 Å². The molecule has 0 radical (unpaired) electrons. The summed E-state index contributed by atoms with van der Waals surface area (Å²) >= 11 is 0. The largest absolute Gasteiger partial charge is 0.496 e. The number of imide groups is 1. The number of methoxy groups -OCH3 is 2. The van der Waals surface area contributed by atoms with Crippen LogP contribution in [-0.4, -0.2) is 59.8 Å². The van der Waals surface area contributed by atoms with Crippen LogP contribution >= 0.6 is 0 Å². The number of urea groups is 1. The van der Waals surface area contributed by atoms with Gasteiger partial charge in [-0.2, -0.15) is 0 Å². The number of nitrogens with zero attached hydrogens (tertiary/aromatic N) is 2. The van der Waals surface area contributed by atoms with Crippen LogP contribution in [0.3, 0.4) is 0 Å². The van der Waals surface area contributed by atoms with E-state index in [1.807, 2.05) is 11.8 Å². The van der Waals surface area contributed by atoms with E-state index in [9.17, 15) is 14.7 Å². The number of ether oxygens (including phenoxy) is 2. The summed E-state index contributed by atoms with van der Waals surface area (Å²) in [5.41, 5.74) is 0.749. The lowest BCUT2D eigenvalue weighted by molar-refractivity contribution is -0.136. The summed E-state index contributed by atoms with van der Waals surface area (Å²) in [7, 11) is 3.15. The fourth-order valence-electron chi connectivity index (χ4n) is 5.08. The highest BCUT2D eigenvalue weighted by atomic mass is 16.5. The Morgan fingerprint density at radius 3 is 2.62 bits per heavy atom. The van der Waals surface area contributed by atoms with Crippen molar-refractivity contribution in [2.45, 2.75) is 50.8 Å². The Kier molecular flexibility index (Phi) is 5.16. The molecular formula is C21H29N3O5. The fourth-order valence-corrected chi connectivity index (χ4v) is 5.08. The molecule has 1 aliphatic carbocycles. The molecule has 2 heterocycles. The van der Waals surface area contributed by atoms with Crippen LogP contribution in [0.2, 0.25) is 0 Å². The van der Waals surface area contributed by atoms with Gasteiger partial charge in [-0.25, -0.2) is 9.69 Å². The number of nitrogens with one attached hydrogen (secondary N) is 1. The molecule has 3 atom stereocenters. The van der Waals surface area contributed by atoms with Gasteiger partial charge in [-0.1, -0.05) is 19.8 Å². The van der Waals surface area contributed by atoms with Gasteiger partial charge in [0.25, 0.3) is 5.91 Å². The molecule has 1 saturated heterocycles. The van der Waals surface area contributed by atoms with Gasteiger partial charge in [-0.15, -0.1) is 0 Å². The third-order valence-corrected chi connectivity index (χ3v) is 6.70. The van der Waals surface area contributed by atoms with Crippen molar-refractivity contribution >= 4 is 11.9 Å². The molecule has 2 N–H and O–H groups in total. The van der Waals surface area contributed by atoms with E-state index in [4.69, 9.17) is 9.47 Å². The number of carbonyl (C=O) groups excluding carboxylic acids is 2. The van der Waals surface area contributed by atoms with E-state index in [2.05, 4.69) is 5.32 Å². The monoisotopic (exact) mass is 403 g/mol. The minimum atomic E-state index is -0.799. The molecular weight excluding hydrogens is 374 g/mol. The van der Waals surface area contributed by atoms with E-state index >= 15 is 0 Å². The average Bonchev–Trinajstić information content (AvgIpc) is 2.94. The second-order valence-corrected chi connectivity index (χ2v) is 8.31. The first kappa shape index (κ1) is 20.0. The summed E-state index contributed by atoms with van der Waals surface area (Å²) in [6.07, 6.45) is 2.85. The highest BCUT2D eigenvalue weighted by Gasteiger charge is 2.55. The number of aliphatic hydroxyl groups excluding tert-OH is 1. The molecule has 3 unspecified atom stereocenters. The summed E-state index contributed by atoms with van der Waals surface area (Å²) in [6, 6.07) is 3.24. The first-order valence-corrected chi connectivity index (χ1v) is 10.2. The zero-order chi connectivity index (χ0) is 20.8. The Balaban J connectivity index is 1.57. The maximum absolute atomic E-state index is 13.2. The van der Waals surface area contributed by atoms with Gasteiger partial charge >= 0.3 is 6.03 Å². The van der Waals surface area contributed by atoms with E-state index in [0.717, 1.165) is 24.8 Å². The van der Waals surface area contributed by atoms with Crippen LogP contribution in [0.1, 0.15) is 49.8 Å². The number of hydrogen-bond acceptors (Lipinski definition) is 6. The molecule has 8 nitrogen and oxygen atoms in total. The molecule has 4 rings (SSSR count). The lowest BCUT2D eigenvalue weighted by atomic mass is 9.73. The summed E-state index contributed by atoms with van der Waals surface area (Å²) < 4.78 is 10.9. The normalized spacial score (nSPS) is 29.7.